The molecular weight excluding hydrogens is 405 g/mol. The van der Waals surface area contributed by atoms with E-state index in [-0.39, 0.29) is 17.4 Å². The number of halogens is 1. The minimum absolute atomic E-state index is 0.0268. The van der Waals surface area contributed by atoms with Crippen LogP contribution in [-0.4, -0.2) is 58.6 Å². The van der Waals surface area contributed by atoms with Gasteiger partial charge in [0, 0.05) is 32.7 Å². The highest BCUT2D eigenvalue weighted by Crippen LogP contribution is 2.41. The molecule has 30 heavy (non-hydrogen) atoms. The average Bonchev–Trinajstić information content (AvgIpc) is 3.51. The summed E-state index contributed by atoms with van der Waals surface area (Å²) < 4.78 is 21.1. The van der Waals surface area contributed by atoms with Crippen molar-refractivity contribution in [3.8, 4) is 5.75 Å². The Morgan fingerprint density at radius 3 is 2.70 bits per heavy atom. The van der Waals surface area contributed by atoms with Crippen molar-refractivity contribution in [2.24, 2.45) is 0 Å². The zero-order valence-corrected chi connectivity index (χ0v) is 18.3. The molecule has 0 radical (unpaired) electrons. The molecule has 1 aromatic carbocycles. The third kappa shape index (κ3) is 4.71. The van der Waals surface area contributed by atoms with Crippen LogP contribution < -0.4 is 9.64 Å². The van der Waals surface area contributed by atoms with Crippen LogP contribution in [0.2, 0.25) is 0 Å². The molecule has 1 amide bonds. The fraction of sp³-hybridized carbons (Fsp3) is 0.571. The van der Waals surface area contributed by atoms with Crippen molar-refractivity contribution in [3.63, 3.8) is 0 Å². The Labute approximate surface area is 180 Å². The molecule has 0 unspecified atom stereocenters. The van der Waals surface area contributed by atoms with Gasteiger partial charge in [-0.05, 0) is 49.8 Å². The Hall–Kier alpha value is -2.29. The molecular formula is C21H28FN5O2S. The van der Waals surface area contributed by atoms with Crippen LogP contribution in [0, 0.1) is 5.82 Å². The summed E-state index contributed by atoms with van der Waals surface area (Å²) in [7, 11) is 3.16. The summed E-state index contributed by atoms with van der Waals surface area (Å²) in [6, 6.07) is 5.21. The van der Waals surface area contributed by atoms with Gasteiger partial charge in [-0.3, -0.25) is 9.36 Å². The molecule has 1 saturated carbocycles. The van der Waals surface area contributed by atoms with E-state index in [1.54, 1.807) is 24.1 Å². The van der Waals surface area contributed by atoms with Crippen LogP contribution >= 0.6 is 11.8 Å². The number of aromatic nitrogens is 3. The van der Waals surface area contributed by atoms with Gasteiger partial charge in [-0.1, -0.05) is 17.8 Å². The van der Waals surface area contributed by atoms with Crippen molar-refractivity contribution >= 4 is 23.6 Å². The summed E-state index contributed by atoms with van der Waals surface area (Å²) in [6.45, 7) is 2.39. The lowest BCUT2D eigenvalue weighted by atomic mass is 10.1. The first-order valence-corrected chi connectivity index (χ1v) is 11.4. The van der Waals surface area contributed by atoms with E-state index in [1.807, 2.05) is 0 Å². The number of rotatable bonds is 8. The Kier molecular flexibility index (Phi) is 6.46. The third-order valence-corrected chi connectivity index (χ3v) is 6.51. The molecule has 1 aliphatic heterocycles. The molecule has 2 heterocycles. The minimum atomic E-state index is -0.423. The predicted octanol–water partition coefficient (Wildman–Crippen LogP) is 3.50. The van der Waals surface area contributed by atoms with Crippen molar-refractivity contribution in [1.29, 1.82) is 0 Å². The number of methoxy groups -OCH3 is 1. The highest BCUT2D eigenvalue weighted by atomic mass is 32.2. The van der Waals surface area contributed by atoms with E-state index in [0.717, 1.165) is 42.6 Å². The van der Waals surface area contributed by atoms with Gasteiger partial charge in [0.1, 0.15) is 0 Å². The SMILES string of the molecule is COc1ccc(CN(C)C(=O)CSc2nnc(N3CCCCC3)n2C2CC2)cc1F. The van der Waals surface area contributed by atoms with Crippen LogP contribution in [-0.2, 0) is 11.3 Å². The summed E-state index contributed by atoms with van der Waals surface area (Å²) in [4.78, 5) is 16.6. The number of piperidine rings is 1. The van der Waals surface area contributed by atoms with Gasteiger partial charge >= 0.3 is 0 Å². The van der Waals surface area contributed by atoms with Crippen molar-refractivity contribution in [3.05, 3.63) is 29.6 Å². The van der Waals surface area contributed by atoms with Crippen LogP contribution in [0.1, 0.15) is 43.7 Å². The summed E-state index contributed by atoms with van der Waals surface area (Å²) in [5, 5.41) is 9.67. The summed E-state index contributed by atoms with van der Waals surface area (Å²) in [5.41, 5.74) is 0.725. The fourth-order valence-corrected chi connectivity index (χ4v) is 4.68. The first-order chi connectivity index (χ1) is 14.6. The molecule has 4 rings (SSSR count). The number of anilines is 1. The molecule has 0 atom stereocenters. The standard InChI is InChI=1S/C21H28FN5O2S/c1-25(13-15-6-9-18(29-2)17(22)12-15)19(28)14-30-21-24-23-20(27(21)16-7-8-16)26-10-4-3-5-11-26/h6,9,12,16H,3-5,7-8,10-11,13-14H2,1-2H3. The minimum Gasteiger partial charge on any atom is -0.494 e. The number of amides is 1. The second-order valence-corrected chi connectivity index (χ2v) is 8.88. The van der Waals surface area contributed by atoms with Gasteiger partial charge < -0.3 is 14.5 Å². The van der Waals surface area contributed by atoms with E-state index in [4.69, 9.17) is 4.74 Å². The maximum Gasteiger partial charge on any atom is 0.233 e. The predicted molar refractivity (Wildman–Crippen MR) is 115 cm³/mol. The smallest absolute Gasteiger partial charge is 0.233 e. The number of benzene rings is 1. The second kappa shape index (κ2) is 9.24. The van der Waals surface area contributed by atoms with Gasteiger partial charge in [-0.25, -0.2) is 4.39 Å². The van der Waals surface area contributed by atoms with Crippen LogP contribution in [0.5, 0.6) is 5.75 Å². The van der Waals surface area contributed by atoms with Crippen molar-refractivity contribution in [1.82, 2.24) is 19.7 Å². The quantitative estimate of drug-likeness (QED) is 0.594. The molecule has 7 nitrogen and oxygen atoms in total. The van der Waals surface area contributed by atoms with E-state index >= 15 is 0 Å². The normalized spacial score (nSPS) is 16.6. The molecule has 0 spiro atoms. The maximum atomic E-state index is 13.9. The number of hydrogen-bond acceptors (Lipinski definition) is 6. The van der Waals surface area contributed by atoms with E-state index in [9.17, 15) is 9.18 Å². The van der Waals surface area contributed by atoms with Crippen LogP contribution in [0.3, 0.4) is 0 Å². The number of carbonyl (C=O) groups excluding carboxylic acids is 1. The topological polar surface area (TPSA) is 63.5 Å². The number of nitrogens with zero attached hydrogens (tertiary/aromatic N) is 5. The van der Waals surface area contributed by atoms with Crippen LogP contribution in [0.15, 0.2) is 23.4 Å². The van der Waals surface area contributed by atoms with E-state index in [1.165, 1.54) is 44.2 Å². The van der Waals surface area contributed by atoms with Crippen molar-refractivity contribution < 1.29 is 13.9 Å². The number of thioether (sulfide) groups is 1. The van der Waals surface area contributed by atoms with Crippen molar-refractivity contribution in [2.45, 2.75) is 49.8 Å². The van der Waals surface area contributed by atoms with Gasteiger partial charge in [0.05, 0.1) is 12.9 Å². The molecule has 2 aliphatic rings. The number of ether oxygens (including phenoxy) is 1. The summed E-state index contributed by atoms with van der Waals surface area (Å²) >= 11 is 1.43. The highest BCUT2D eigenvalue weighted by molar-refractivity contribution is 7.99. The molecule has 0 bridgehead atoms. The van der Waals surface area contributed by atoms with Gasteiger partial charge in [-0.15, -0.1) is 10.2 Å². The number of hydrogen-bond donors (Lipinski definition) is 0. The van der Waals surface area contributed by atoms with Gasteiger partial charge in [-0.2, -0.15) is 0 Å². The molecule has 1 saturated heterocycles. The lowest BCUT2D eigenvalue weighted by Crippen LogP contribution is -2.32. The summed E-state index contributed by atoms with van der Waals surface area (Å²) in [6.07, 6.45) is 5.94. The van der Waals surface area contributed by atoms with Gasteiger partial charge in [0.15, 0.2) is 16.7 Å². The monoisotopic (exact) mass is 433 g/mol. The second-order valence-electron chi connectivity index (χ2n) is 7.94. The molecule has 2 fully saturated rings. The molecule has 162 valence electrons. The molecule has 2 aromatic rings. The number of carbonyl (C=O) groups is 1. The van der Waals surface area contributed by atoms with E-state index in [0.29, 0.717) is 12.6 Å². The Balaban J connectivity index is 1.37. The van der Waals surface area contributed by atoms with Crippen LogP contribution in [0.4, 0.5) is 10.3 Å². The van der Waals surface area contributed by atoms with Crippen LogP contribution in [0.25, 0.3) is 0 Å². The Morgan fingerprint density at radius 1 is 1.27 bits per heavy atom. The fourth-order valence-electron chi connectivity index (χ4n) is 3.74. The van der Waals surface area contributed by atoms with Crippen molar-refractivity contribution in [2.75, 3.05) is 37.9 Å². The Bertz CT molecular complexity index is 896. The lowest BCUT2D eigenvalue weighted by molar-refractivity contribution is -0.127. The average molecular weight is 434 g/mol. The van der Waals surface area contributed by atoms with Gasteiger partial charge in [0.25, 0.3) is 0 Å². The summed E-state index contributed by atoms with van der Waals surface area (Å²) in [5.74, 6) is 0.982. The maximum absolute atomic E-state index is 13.9. The molecule has 9 heteroatoms. The Morgan fingerprint density at radius 2 is 2.03 bits per heavy atom. The zero-order valence-electron chi connectivity index (χ0n) is 17.5. The molecule has 1 aromatic heterocycles. The third-order valence-electron chi connectivity index (χ3n) is 5.58. The largest absolute Gasteiger partial charge is 0.494 e. The van der Waals surface area contributed by atoms with E-state index < -0.39 is 5.82 Å². The zero-order chi connectivity index (χ0) is 21.1. The highest BCUT2D eigenvalue weighted by Gasteiger charge is 2.32. The molecule has 1 aliphatic carbocycles. The lowest BCUT2D eigenvalue weighted by Gasteiger charge is -2.27. The van der Waals surface area contributed by atoms with Gasteiger partial charge in [0.2, 0.25) is 11.9 Å². The molecule has 0 N–H and O–H groups in total. The first kappa shape index (κ1) is 21.0. The van der Waals surface area contributed by atoms with E-state index in [2.05, 4.69) is 19.7 Å². The first-order valence-electron chi connectivity index (χ1n) is 10.5.